The summed E-state index contributed by atoms with van der Waals surface area (Å²) in [4.78, 5) is 25.4. The second-order valence-corrected chi connectivity index (χ2v) is 10.1. The smallest absolute Gasteiger partial charge is 0.412 e. The molecule has 11 nitrogen and oxygen atoms in total. The quantitative estimate of drug-likeness (QED) is 0.275. The fraction of sp³-hybridized carbons (Fsp3) is 0.323. The summed E-state index contributed by atoms with van der Waals surface area (Å²) >= 11 is 5.90. The molecule has 1 aliphatic heterocycles. The number of amides is 2. The molecule has 1 saturated heterocycles. The maximum atomic E-state index is 12.9. The van der Waals surface area contributed by atoms with E-state index in [0.29, 0.717) is 22.0 Å². The van der Waals surface area contributed by atoms with Gasteiger partial charge in [0, 0.05) is 23.0 Å². The molecular formula is C31H32ClN3O8. The van der Waals surface area contributed by atoms with E-state index in [9.17, 15) is 14.7 Å². The molecule has 0 radical (unpaired) electrons. The molecule has 226 valence electrons. The van der Waals surface area contributed by atoms with Crippen molar-refractivity contribution in [1.82, 2.24) is 0 Å². The molecule has 1 aliphatic rings. The maximum Gasteiger partial charge on any atom is 0.412 e. The lowest BCUT2D eigenvalue weighted by Crippen LogP contribution is -2.61. The predicted molar refractivity (Wildman–Crippen MR) is 158 cm³/mol. The highest BCUT2D eigenvalue weighted by atomic mass is 35.5. The topological polar surface area (TPSA) is 148 Å². The van der Waals surface area contributed by atoms with Crippen molar-refractivity contribution in [3.63, 3.8) is 0 Å². The van der Waals surface area contributed by atoms with Crippen LogP contribution in [0.5, 0.6) is 0 Å². The third kappa shape index (κ3) is 9.15. The maximum absolute atomic E-state index is 12.9. The number of anilines is 2. The lowest BCUT2D eigenvalue weighted by molar-refractivity contribution is -0.309. The van der Waals surface area contributed by atoms with Crippen LogP contribution in [-0.2, 0) is 30.3 Å². The number of nitrogens with one attached hydrogen (secondary N) is 2. The molecule has 12 heteroatoms. The van der Waals surface area contributed by atoms with Crippen molar-refractivity contribution in [3.8, 4) is 6.07 Å². The zero-order valence-corrected chi connectivity index (χ0v) is 24.3. The highest BCUT2D eigenvalue weighted by Gasteiger charge is 2.49. The van der Waals surface area contributed by atoms with Gasteiger partial charge >= 0.3 is 12.2 Å². The summed E-state index contributed by atoms with van der Waals surface area (Å²) in [6, 6.07) is 22.3. The van der Waals surface area contributed by atoms with Gasteiger partial charge in [0.25, 0.3) is 0 Å². The monoisotopic (exact) mass is 609 g/mol. The van der Waals surface area contributed by atoms with E-state index in [0.717, 1.165) is 11.1 Å². The summed E-state index contributed by atoms with van der Waals surface area (Å²) in [5.74, 6) is 0. The first-order valence-electron chi connectivity index (χ1n) is 13.5. The van der Waals surface area contributed by atoms with Crippen molar-refractivity contribution in [2.45, 2.75) is 51.2 Å². The summed E-state index contributed by atoms with van der Waals surface area (Å²) < 4.78 is 28.8. The Labute approximate surface area is 254 Å². The first-order chi connectivity index (χ1) is 20.7. The molecule has 2 amide bonds. The van der Waals surface area contributed by atoms with Crippen molar-refractivity contribution in [3.05, 3.63) is 94.5 Å². The lowest BCUT2D eigenvalue weighted by Gasteiger charge is -2.43. The van der Waals surface area contributed by atoms with Gasteiger partial charge in [0.05, 0.1) is 18.2 Å². The Kier molecular flexibility index (Phi) is 11.3. The number of carbonyl (C=O) groups excluding carboxylic acids is 2. The number of hydrogen-bond acceptors (Lipinski definition) is 9. The average Bonchev–Trinajstić information content (AvgIpc) is 2.99. The summed E-state index contributed by atoms with van der Waals surface area (Å²) in [5, 5.41) is 26.2. The zero-order chi connectivity index (χ0) is 30.8. The van der Waals surface area contributed by atoms with Crippen LogP contribution in [0.25, 0.3) is 0 Å². The van der Waals surface area contributed by atoms with Crippen molar-refractivity contribution in [1.29, 1.82) is 5.26 Å². The first-order valence-corrected chi connectivity index (χ1v) is 13.9. The fourth-order valence-electron chi connectivity index (χ4n) is 4.31. The van der Waals surface area contributed by atoms with Crippen LogP contribution < -0.4 is 10.6 Å². The van der Waals surface area contributed by atoms with Crippen molar-refractivity contribution in [2.75, 3.05) is 23.8 Å². The third-order valence-electron chi connectivity index (χ3n) is 6.46. The minimum absolute atomic E-state index is 0.124. The fourth-order valence-corrected chi connectivity index (χ4v) is 4.44. The van der Waals surface area contributed by atoms with E-state index in [4.69, 9.17) is 40.5 Å². The summed E-state index contributed by atoms with van der Waals surface area (Å²) in [7, 11) is 0. The second-order valence-electron chi connectivity index (χ2n) is 9.67. The van der Waals surface area contributed by atoms with E-state index >= 15 is 0 Å². The SMILES string of the molecule is CCO[C@@H]1O[C@H](COC(=O)Nc2ccc(Cl)cc2)[C@@H](OC(=O)Nc2cccc(C#N)c2)[C@H](O)[C@H]1OCc1ccc(C)cc1. The van der Waals surface area contributed by atoms with Gasteiger partial charge in [-0.2, -0.15) is 5.26 Å². The molecule has 0 saturated carbocycles. The van der Waals surface area contributed by atoms with Crippen LogP contribution in [0.4, 0.5) is 21.0 Å². The number of aliphatic hydroxyl groups excluding tert-OH is 1. The summed E-state index contributed by atoms with van der Waals surface area (Å²) in [5.41, 5.74) is 3.03. The van der Waals surface area contributed by atoms with E-state index in [1.807, 2.05) is 37.3 Å². The lowest BCUT2D eigenvalue weighted by atomic mass is 9.98. The number of halogens is 1. The normalized spacial score (nSPS) is 21.3. The minimum Gasteiger partial charge on any atom is -0.446 e. The molecule has 0 unspecified atom stereocenters. The number of aliphatic hydroxyl groups is 1. The van der Waals surface area contributed by atoms with Gasteiger partial charge in [-0.25, -0.2) is 9.59 Å². The molecule has 1 heterocycles. The van der Waals surface area contributed by atoms with E-state index in [-0.39, 0.29) is 13.2 Å². The van der Waals surface area contributed by atoms with Crippen LogP contribution in [0.1, 0.15) is 23.6 Å². The Morgan fingerprint density at radius 3 is 2.40 bits per heavy atom. The van der Waals surface area contributed by atoms with Crippen LogP contribution in [0, 0.1) is 18.3 Å². The molecule has 0 aliphatic carbocycles. The molecular weight excluding hydrogens is 578 g/mol. The molecule has 0 aromatic heterocycles. The number of carbonyl (C=O) groups is 2. The van der Waals surface area contributed by atoms with Crippen LogP contribution in [-0.4, -0.2) is 61.2 Å². The van der Waals surface area contributed by atoms with Gasteiger partial charge in [-0.15, -0.1) is 0 Å². The molecule has 3 aromatic rings. The third-order valence-corrected chi connectivity index (χ3v) is 6.71. The Morgan fingerprint density at radius 2 is 1.70 bits per heavy atom. The highest BCUT2D eigenvalue weighted by Crippen LogP contribution is 2.28. The number of nitrogens with zero attached hydrogens (tertiary/aromatic N) is 1. The van der Waals surface area contributed by atoms with E-state index in [1.165, 1.54) is 6.07 Å². The van der Waals surface area contributed by atoms with Crippen LogP contribution in [0.3, 0.4) is 0 Å². The number of rotatable bonds is 10. The number of nitriles is 1. The molecule has 3 N–H and O–H groups in total. The second kappa shape index (κ2) is 15.3. The average molecular weight is 610 g/mol. The van der Waals surface area contributed by atoms with Gasteiger partial charge in [-0.1, -0.05) is 47.5 Å². The Hall–Kier alpha value is -4.18. The number of aryl methyl sites for hydroxylation is 1. The highest BCUT2D eigenvalue weighted by molar-refractivity contribution is 6.30. The Morgan fingerprint density at radius 1 is 0.977 bits per heavy atom. The van der Waals surface area contributed by atoms with E-state index < -0.39 is 49.5 Å². The van der Waals surface area contributed by atoms with Crippen molar-refractivity contribution >= 4 is 35.2 Å². The zero-order valence-electron chi connectivity index (χ0n) is 23.6. The molecule has 4 rings (SSSR count). The largest absolute Gasteiger partial charge is 0.446 e. The van der Waals surface area contributed by atoms with Gasteiger partial charge in [0.15, 0.2) is 12.4 Å². The summed E-state index contributed by atoms with van der Waals surface area (Å²) in [6.07, 6.45) is -7.73. The van der Waals surface area contributed by atoms with E-state index in [1.54, 1.807) is 49.4 Å². The molecule has 0 spiro atoms. The van der Waals surface area contributed by atoms with Gasteiger partial charge in [-0.3, -0.25) is 10.6 Å². The summed E-state index contributed by atoms with van der Waals surface area (Å²) in [6.45, 7) is 3.68. The van der Waals surface area contributed by atoms with Crippen LogP contribution in [0.15, 0.2) is 72.8 Å². The molecule has 5 atom stereocenters. The Balaban J connectivity index is 1.49. The van der Waals surface area contributed by atoms with Gasteiger partial charge in [0.1, 0.15) is 24.9 Å². The number of benzene rings is 3. The Bertz CT molecular complexity index is 1410. The van der Waals surface area contributed by atoms with Gasteiger partial charge in [-0.05, 0) is 61.9 Å². The standard InChI is InChI=1S/C31H32ClN3O8/c1-3-39-29-28(40-17-20-9-7-19(2)8-10-20)26(36)27(43-31(38)35-24-6-4-5-21(15-24)16-33)25(42-29)18-41-30(37)34-23-13-11-22(32)12-14-23/h4-15,25-29,36H,3,17-18H2,1-2H3,(H,34,37)(H,35,38)/t25-,26+,27-,28-,29-/m1/s1. The van der Waals surface area contributed by atoms with Crippen LogP contribution in [0.2, 0.25) is 5.02 Å². The minimum atomic E-state index is -1.43. The van der Waals surface area contributed by atoms with Crippen molar-refractivity contribution in [2.24, 2.45) is 0 Å². The molecule has 3 aromatic carbocycles. The number of hydrogen-bond donors (Lipinski definition) is 3. The van der Waals surface area contributed by atoms with Gasteiger partial charge in [0.2, 0.25) is 0 Å². The van der Waals surface area contributed by atoms with Crippen molar-refractivity contribution < 1.29 is 38.4 Å². The predicted octanol–water partition coefficient (Wildman–Crippen LogP) is 5.39. The molecule has 43 heavy (non-hydrogen) atoms. The van der Waals surface area contributed by atoms with Crippen LogP contribution >= 0.6 is 11.6 Å². The molecule has 0 bridgehead atoms. The molecule has 1 fully saturated rings. The van der Waals surface area contributed by atoms with E-state index in [2.05, 4.69) is 10.6 Å². The van der Waals surface area contributed by atoms with Gasteiger partial charge < -0.3 is 28.8 Å². The number of ether oxygens (including phenoxy) is 5. The first kappa shape index (κ1) is 31.7.